The second-order valence-corrected chi connectivity index (χ2v) is 4.38. The Morgan fingerprint density at radius 3 is 2.18 bits per heavy atom. The van der Waals surface area contributed by atoms with Crippen molar-refractivity contribution >= 4 is 5.84 Å². The van der Waals surface area contributed by atoms with Gasteiger partial charge in [-0.1, -0.05) is 20.8 Å². The molecule has 0 bridgehead atoms. The Labute approximate surface area is 99.8 Å². The van der Waals surface area contributed by atoms with Crippen molar-refractivity contribution in [1.29, 1.82) is 0 Å². The first kappa shape index (κ1) is 15.8. The van der Waals surface area contributed by atoms with Crippen LogP contribution in [0.2, 0.25) is 0 Å². The van der Waals surface area contributed by atoms with Crippen LogP contribution in [0.15, 0.2) is 16.9 Å². The minimum atomic E-state index is -4.63. The zero-order valence-corrected chi connectivity index (χ0v) is 10.4. The lowest BCUT2D eigenvalue weighted by Gasteiger charge is -2.13. The smallest absolute Gasteiger partial charge is 0.384 e. The SMILES string of the molecule is CCC(/C=C(N)\N=C(/N)C(F)(F)F)CC(C)C. The van der Waals surface area contributed by atoms with Gasteiger partial charge in [0.2, 0.25) is 5.84 Å². The topological polar surface area (TPSA) is 64.4 Å². The Hall–Kier alpha value is -1.20. The predicted octanol–water partition coefficient (Wildman–Crippen LogP) is 2.78. The van der Waals surface area contributed by atoms with Crippen LogP contribution in [-0.4, -0.2) is 12.0 Å². The Balaban J connectivity index is 4.73. The van der Waals surface area contributed by atoms with Gasteiger partial charge in [-0.15, -0.1) is 0 Å². The van der Waals surface area contributed by atoms with E-state index in [-0.39, 0.29) is 11.7 Å². The summed E-state index contributed by atoms with van der Waals surface area (Å²) in [5.74, 6) is -1.01. The summed E-state index contributed by atoms with van der Waals surface area (Å²) in [7, 11) is 0. The Morgan fingerprint density at radius 2 is 1.82 bits per heavy atom. The van der Waals surface area contributed by atoms with E-state index in [9.17, 15) is 13.2 Å². The molecule has 3 nitrogen and oxygen atoms in total. The summed E-state index contributed by atoms with van der Waals surface area (Å²) in [6, 6.07) is 0. The fourth-order valence-electron chi connectivity index (χ4n) is 1.44. The molecule has 0 aliphatic heterocycles. The fraction of sp³-hybridized carbons (Fsp3) is 0.727. The molecule has 0 aliphatic carbocycles. The largest absolute Gasteiger partial charge is 0.449 e. The van der Waals surface area contributed by atoms with Crippen LogP contribution in [0.4, 0.5) is 13.2 Å². The number of nitrogens with two attached hydrogens (primary N) is 2. The van der Waals surface area contributed by atoms with Crippen molar-refractivity contribution < 1.29 is 13.2 Å². The number of halogens is 3. The third-order valence-corrected chi connectivity index (χ3v) is 2.24. The van der Waals surface area contributed by atoms with E-state index in [4.69, 9.17) is 11.5 Å². The van der Waals surface area contributed by atoms with Gasteiger partial charge in [-0.2, -0.15) is 13.2 Å². The Kier molecular flexibility index (Phi) is 6.05. The summed E-state index contributed by atoms with van der Waals surface area (Å²) in [5, 5.41) is 0. The number of amidine groups is 1. The third kappa shape index (κ3) is 6.86. The van der Waals surface area contributed by atoms with Crippen molar-refractivity contribution in [3.63, 3.8) is 0 Å². The number of nitrogens with zero attached hydrogens (tertiary/aromatic N) is 1. The second kappa shape index (κ2) is 6.51. The van der Waals surface area contributed by atoms with E-state index in [0.29, 0.717) is 5.92 Å². The molecule has 0 heterocycles. The minimum Gasteiger partial charge on any atom is -0.384 e. The van der Waals surface area contributed by atoms with Gasteiger partial charge < -0.3 is 11.5 Å². The molecule has 0 spiro atoms. The molecule has 0 saturated carbocycles. The highest BCUT2D eigenvalue weighted by atomic mass is 19.4. The highest BCUT2D eigenvalue weighted by molar-refractivity contribution is 5.86. The van der Waals surface area contributed by atoms with Crippen LogP contribution in [0.3, 0.4) is 0 Å². The van der Waals surface area contributed by atoms with Crippen molar-refractivity contribution in [3.05, 3.63) is 11.9 Å². The maximum Gasteiger partial charge on any atom is 0.449 e. The monoisotopic (exact) mass is 251 g/mol. The van der Waals surface area contributed by atoms with Crippen molar-refractivity contribution in [2.75, 3.05) is 0 Å². The number of hydrogen-bond acceptors (Lipinski definition) is 2. The van der Waals surface area contributed by atoms with Gasteiger partial charge in [0, 0.05) is 0 Å². The number of allylic oxidation sites excluding steroid dienone is 1. The van der Waals surface area contributed by atoms with Gasteiger partial charge in [0.15, 0.2) is 0 Å². The summed E-state index contributed by atoms with van der Waals surface area (Å²) in [6.07, 6.45) is -1.42. The highest BCUT2D eigenvalue weighted by Crippen LogP contribution is 2.19. The molecule has 0 aromatic heterocycles. The lowest BCUT2D eigenvalue weighted by Crippen LogP contribution is -2.31. The van der Waals surface area contributed by atoms with Crippen LogP contribution < -0.4 is 11.5 Å². The van der Waals surface area contributed by atoms with Crippen molar-refractivity contribution in [2.45, 2.75) is 39.8 Å². The average Bonchev–Trinajstić information content (AvgIpc) is 2.14. The molecule has 1 atom stereocenters. The quantitative estimate of drug-likeness (QED) is 0.583. The summed E-state index contributed by atoms with van der Waals surface area (Å²) in [5.41, 5.74) is 10.2. The van der Waals surface area contributed by atoms with Crippen LogP contribution >= 0.6 is 0 Å². The van der Waals surface area contributed by atoms with E-state index in [1.54, 1.807) is 6.08 Å². The van der Waals surface area contributed by atoms with E-state index in [2.05, 4.69) is 4.99 Å². The van der Waals surface area contributed by atoms with E-state index in [0.717, 1.165) is 12.8 Å². The molecule has 0 rings (SSSR count). The van der Waals surface area contributed by atoms with Gasteiger partial charge in [0.25, 0.3) is 0 Å². The first-order valence-electron chi connectivity index (χ1n) is 5.55. The molecule has 0 amide bonds. The van der Waals surface area contributed by atoms with Crippen molar-refractivity contribution in [2.24, 2.45) is 28.3 Å². The summed E-state index contributed by atoms with van der Waals surface area (Å²) in [6.45, 7) is 6.04. The molecule has 0 saturated heterocycles. The zero-order valence-electron chi connectivity index (χ0n) is 10.4. The zero-order chi connectivity index (χ0) is 13.6. The molecule has 100 valence electrons. The van der Waals surface area contributed by atoms with Gasteiger partial charge in [0.1, 0.15) is 5.82 Å². The van der Waals surface area contributed by atoms with E-state index < -0.39 is 12.0 Å². The van der Waals surface area contributed by atoms with E-state index >= 15 is 0 Å². The predicted molar refractivity (Wildman–Crippen MR) is 63.2 cm³/mol. The van der Waals surface area contributed by atoms with Crippen LogP contribution in [0, 0.1) is 11.8 Å². The average molecular weight is 251 g/mol. The molecule has 17 heavy (non-hydrogen) atoms. The summed E-state index contributed by atoms with van der Waals surface area (Å²) in [4.78, 5) is 3.15. The number of rotatable bonds is 5. The number of hydrogen-bond donors (Lipinski definition) is 2. The molecule has 0 radical (unpaired) electrons. The molecule has 0 aromatic carbocycles. The molecule has 4 N–H and O–H groups in total. The molecular weight excluding hydrogens is 231 g/mol. The van der Waals surface area contributed by atoms with Gasteiger partial charge in [0.05, 0.1) is 0 Å². The highest BCUT2D eigenvalue weighted by Gasteiger charge is 2.33. The molecule has 0 fully saturated rings. The third-order valence-electron chi connectivity index (χ3n) is 2.24. The van der Waals surface area contributed by atoms with Gasteiger partial charge in [-0.05, 0) is 30.8 Å². The lowest BCUT2D eigenvalue weighted by molar-refractivity contribution is -0.0598. The van der Waals surface area contributed by atoms with E-state index in [1.807, 2.05) is 20.8 Å². The normalized spacial score (nSPS) is 16.4. The molecule has 0 aromatic rings. The Bertz CT molecular complexity index is 293. The Morgan fingerprint density at radius 1 is 1.29 bits per heavy atom. The summed E-state index contributed by atoms with van der Waals surface area (Å²) >= 11 is 0. The maximum absolute atomic E-state index is 12.1. The van der Waals surface area contributed by atoms with Crippen LogP contribution in [0.5, 0.6) is 0 Å². The first-order valence-corrected chi connectivity index (χ1v) is 5.55. The second-order valence-electron chi connectivity index (χ2n) is 4.38. The number of aliphatic imine (C=N–C) groups is 1. The van der Waals surface area contributed by atoms with Crippen LogP contribution in [0.1, 0.15) is 33.6 Å². The standard InChI is InChI=1S/C11H20F3N3/c1-4-8(5-7(2)3)6-9(15)17-10(16)11(12,13)14/h6-8H,4-5,15H2,1-3H3,(H2,16,17)/b9-6-. The van der Waals surface area contributed by atoms with Crippen molar-refractivity contribution in [3.8, 4) is 0 Å². The molecule has 6 heteroatoms. The minimum absolute atomic E-state index is 0.125. The molecule has 1 unspecified atom stereocenters. The summed E-state index contributed by atoms with van der Waals surface area (Å²) < 4.78 is 36.3. The number of alkyl halides is 3. The fourth-order valence-corrected chi connectivity index (χ4v) is 1.44. The first-order chi connectivity index (χ1) is 7.66. The lowest BCUT2D eigenvalue weighted by atomic mass is 9.94. The molecular formula is C11H20F3N3. The maximum atomic E-state index is 12.1. The van der Waals surface area contributed by atoms with Gasteiger partial charge >= 0.3 is 6.18 Å². The van der Waals surface area contributed by atoms with E-state index in [1.165, 1.54) is 0 Å². The van der Waals surface area contributed by atoms with Crippen LogP contribution in [0.25, 0.3) is 0 Å². The van der Waals surface area contributed by atoms with Crippen molar-refractivity contribution in [1.82, 2.24) is 0 Å². The molecule has 0 aliphatic rings. The van der Waals surface area contributed by atoms with Gasteiger partial charge in [-0.3, -0.25) is 0 Å². The van der Waals surface area contributed by atoms with Crippen LogP contribution in [-0.2, 0) is 0 Å². The van der Waals surface area contributed by atoms with Gasteiger partial charge in [-0.25, -0.2) is 4.99 Å².